The lowest BCUT2D eigenvalue weighted by molar-refractivity contribution is 0.479. The van der Waals surface area contributed by atoms with Crippen LogP contribution < -0.4 is 5.01 Å². The van der Waals surface area contributed by atoms with Crippen molar-refractivity contribution in [3.63, 3.8) is 0 Å². The van der Waals surface area contributed by atoms with Crippen molar-refractivity contribution in [2.45, 2.75) is 135 Å². The van der Waals surface area contributed by atoms with Crippen molar-refractivity contribution in [3.05, 3.63) is 30.6 Å². The molecule has 2 heterocycles. The first-order chi connectivity index (χ1) is 15.9. The van der Waals surface area contributed by atoms with Crippen molar-refractivity contribution in [1.29, 1.82) is 0 Å². The molecule has 0 amide bonds. The predicted molar refractivity (Wildman–Crippen MR) is 140 cm³/mol. The molecule has 32 heavy (non-hydrogen) atoms. The normalized spacial score (nSPS) is 16.4. The molecular formula is C29H49N3. The molecule has 1 aromatic heterocycles. The van der Waals surface area contributed by atoms with Crippen LogP contribution in [0, 0.1) is 0 Å². The molecule has 180 valence electrons. The molecular weight excluding hydrogens is 390 g/mol. The molecule has 1 aliphatic rings. The summed E-state index contributed by atoms with van der Waals surface area (Å²) in [5.74, 6) is 0. The van der Waals surface area contributed by atoms with Crippen LogP contribution in [0.4, 0.5) is 0 Å². The molecule has 0 saturated carbocycles. The van der Waals surface area contributed by atoms with Crippen molar-refractivity contribution in [2.75, 3.05) is 11.6 Å². The summed E-state index contributed by atoms with van der Waals surface area (Å²) in [6, 6.07) is 9.22. The highest BCUT2D eigenvalue weighted by Gasteiger charge is 2.25. The van der Waals surface area contributed by atoms with Gasteiger partial charge in [-0.3, -0.25) is 0 Å². The summed E-state index contributed by atoms with van der Waals surface area (Å²) in [6.45, 7) is 3.47. The Kier molecular flexibility index (Phi) is 12.0. The van der Waals surface area contributed by atoms with Crippen molar-refractivity contribution < 1.29 is 0 Å². The SMILES string of the molecule is CCCCCCCCCCCCCCCCCC[C@H]1CCCN1n1cnc2ccccc21. The molecule has 0 unspecified atom stereocenters. The standard InChI is InChI=1S/C29H49N3/c1-2-3-4-5-6-7-8-9-10-11-12-13-14-15-16-17-21-27-22-20-25-31(27)32-26-30-28-23-18-19-24-29(28)32/h18-19,23-24,26-27H,2-17,20-22,25H2,1H3/t27-/m0/s1. The van der Waals surface area contributed by atoms with Gasteiger partial charge >= 0.3 is 0 Å². The fourth-order valence-electron chi connectivity index (χ4n) is 5.48. The molecule has 0 bridgehead atoms. The zero-order chi connectivity index (χ0) is 22.3. The topological polar surface area (TPSA) is 21.1 Å². The second kappa shape index (κ2) is 15.3. The summed E-state index contributed by atoms with van der Waals surface area (Å²) in [4.78, 5) is 4.60. The highest BCUT2D eigenvalue weighted by atomic mass is 15.6. The minimum Gasteiger partial charge on any atom is -0.308 e. The quantitative estimate of drug-likeness (QED) is 0.216. The van der Waals surface area contributed by atoms with E-state index >= 15 is 0 Å². The number of hydrogen-bond acceptors (Lipinski definition) is 2. The van der Waals surface area contributed by atoms with Gasteiger partial charge in [-0.15, -0.1) is 0 Å². The third kappa shape index (κ3) is 8.45. The van der Waals surface area contributed by atoms with E-state index in [1.54, 1.807) is 0 Å². The summed E-state index contributed by atoms with van der Waals surface area (Å²) in [6.07, 6.45) is 29.1. The second-order valence-corrected chi connectivity index (χ2v) is 10.1. The number of unbranched alkanes of at least 4 members (excludes halogenated alkanes) is 15. The molecule has 1 aliphatic heterocycles. The van der Waals surface area contributed by atoms with Gasteiger partial charge in [0, 0.05) is 12.6 Å². The predicted octanol–water partition coefficient (Wildman–Crippen LogP) is 8.79. The Labute approximate surface area is 198 Å². The Hall–Kier alpha value is -1.51. The van der Waals surface area contributed by atoms with Crippen molar-refractivity contribution in [1.82, 2.24) is 9.66 Å². The first kappa shape index (κ1) is 25.1. The van der Waals surface area contributed by atoms with Crippen LogP contribution in [-0.2, 0) is 0 Å². The van der Waals surface area contributed by atoms with Gasteiger partial charge in [0.2, 0.25) is 0 Å². The van der Waals surface area contributed by atoms with Gasteiger partial charge in [0.05, 0.1) is 11.0 Å². The van der Waals surface area contributed by atoms with Gasteiger partial charge in [0.25, 0.3) is 0 Å². The molecule has 0 spiro atoms. The first-order valence-electron chi connectivity index (χ1n) is 14.1. The zero-order valence-corrected chi connectivity index (χ0v) is 20.9. The fraction of sp³-hybridized carbons (Fsp3) is 0.759. The lowest BCUT2D eigenvalue weighted by Crippen LogP contribution is -2.38. The first-order valence-corrected chi connectivity index (χ1v) is 14.1. The van der Waals surface area contributed by atoms with Gasteiger partial charge in [-0.05, 0) is 31.4 Å². The smallest absolute Gasteiger partial charge is 0.116 e. The molecule has 1 atom stereocenters. The summed E-state index contributed by atoms with van der Waals surface area (Å²) in [5.41, 5.74) is 2.37. The molecule has 3 nitrogen and oxygen atoms in total. The number of nitrogens with zero attached hydrogens (tertiary/aromatic N) is 3. The van der Waals surface area contributed by atoms with Crippen molar-refractivity contribution >= 4 is 11.0 Å². The minimum absolute atomic E-state index is 0.694. The zero-order valence-electron chi connectivity index (χ0n) is 20.9. The fourth-order valence-corrected chi connectivity index (χ4v) is 5.48. The Morgan fingerprint density at radius 3 is 1.94 bits per heavy atom. The van der Waals surface area contributed by atoms with Crippen LogP contribution in [0.3, 0.4) is 0 Å². The number of hydrogen-bond donors (Lipinski definition) is 0. The molecule has 1 aromatic carbocycles. The Morgan fingerprint density at radius 2 is 1.31 bits per heavy atom. The molecule has 2 aromatic rings. The van der Waals surface area contributed by atoms with Gasteiger partial charge in [-0.2, -0.15) is 0 Å². The van der Waals surface area contributed by atoms with E-state index < -0.39 is 0 Å². The monoisotopic (exact) mass is 439 g/mol. The van der Waals surface area contributed by atoms with E-state index in [0.717, 1.165) is 5.52 Å². The van der Waals surface area contributed by atoms with Gasteiger partial charge in [-0.25, -0.2) is 9.66 Å². The Morgan fingerprint density at radius 1 is 0.750 bits per heavy atom. The number of imidazole rings is 1. The van der Waals surface area contributed by atoms with E-state index in [-0.39, 0.29) is 0 Å². The Bertz CT molecular complexity index is 722. The maximum absolute atomic E-state index is 4.60. The number of para-hydroxylation sites is 2. The third-order valence-corrected chi connectivity index (χ3v) is 7.45. The average molecular weight is 440 g/mol. The molecule has 0 aliphatic carbocycles. The third-order valence-electron chi connectivity index (χ3n) is 7.45. The second-order valence-electron chi connectivity index (χ2n) is 10.1. The minimum atomic E-state index is 0.694. The van der Waals surface area contributed by atoms with Gasteiger partial charge in [0.1, 0.15) is 6.33 Å². The number of benzene rings is 1. The van der Waals surface area contributed by atoms with Gasteiger partial charge in [-0.1, -0.05) is 122 Å². The van der Waals surface area contributed by atoms with Gasteiger partial charge in [0.15, 0.2) is 0 Å². The van der Waals surface area contributed by atoms with Crippen LogP contribution in [0.25, 0.3) is 11.0 Å². The van der Waals surface area contributed by atoms with Crippen LogP contribution in [0.1, 0.15) is 129 Å². The van der Waals surface area contributed by atoms with Crippen LogP contribution in [-0.4, -0.2) is 22.2 Å². The van der Waals surface area contributed by atoms with E-state index in [2.05, 4.69) is 45.9 Å². The summed E-state index contributed by atoms with van der Waals surface area (Å²) >= 11 is 0. The average Bonchev–Trinajstić information content (AvgIpc) is 3.45. The number of aromatic nitrogens is 2. The maximum Gasteiger partial charge on any atom is 0.116 e. The number of rotatable bonds is 18. The largest absolute Gasteiger partial charge is 0.308 e. The van der Waals surface area contributed by atoms with E-state index in [4.69, 9.17) is 0 Å². The maximum atomic E-state index is 4.60. The molecule has 3 rings (SSSR count). The summed E-state index contributed by atoms with van der Waals surface area (Å²) in [5, 5.41) is 2.57. The molecule has 0 N–H and O–H groups in total. The lowest BCUT2D eigenvalue weighted by atomic mass is 10.0. The van der Waals surface area contributed by atoms with Crippen LogP contribution in [0.15, 0.2) is 30.6 Å². The van der Waals surface area contributed by atoms with Crippen LogP contribution in [0.2, 0.25) is 0 Å². The molecule has 1 fully saturated rings. The van der Waals surface area contributed by atoms with Crippen LogP contribution >= 0.6 is 0 Å². The van der Waals surface area contributed by atoms with E-state index in [0.29, 0.717) is 6.04 Å². The highest BCUT2D eigenvalue weighted by molar-refractivity contribution is 5.75. The van der Waals surface area contributed by atoms with Crippen molar-refractivity contribution in [2.24, 2.45) is 0 Å². The van der Waals surface area contributed by atoms with E-state index in [1.807, 2.05) is 6.33 Å². The van der Waals surface area contributed by atoms with E-state index in [1.165, 1.54) is 134 Å². The summed E-state index contributed by atoms with van der Waals surface area (Å²) < 4.78 is 2.32. The van der Waals surface area contributed by atoms with Crippen molar-refractivity contribution in [3.8, 4) is 0 Å². The highest BCUT2D eigenvalue weighted by Crippen LogP contribution is 2.24. The summed E-state index contributed by atoms with van der Waals surface area (Å²) in [7, 11) is 0. The van der Waals surface area contributed by atoms with E-state index in [9.17, 15) is 0 Å². The molecule has 0 radical (unpaired) electrons. The lowest BCUT2D eigenvalue weighted by Gasteiger charge is -2.28. The van der Waals surface area contributed by atoms with Gasteiger partial charge < -0.3 is 5.01 Å². The van der Waals surface area contributed by atoms with Crippen LogP contribution in [0.5, 0.6) is 0 Å². The Balaban J connectivity index is 1.15. The molecule has 1 saturated heterocycles. The molecule has 3 heteroatoms. The number of fused-ring (bicyclic) bond motifs is 1.